The van der Waals surface area contributed by atoms with Gasteiger partial charge in [0.15, 0.2) is 0 Å². The fourth-order valence-corrected chi connectivity index (χ4v) is 1.12. The number of thiol groups is 1. The molecule has 2 nitrogen and oxygen atoms in total. The van der Waals surface area contributed by atoms with Crippen LogP contribution in [0.4, 0.5) is 5.69 Å². The van der Waals surface area contributed by atoms with Crippen LogP contribution in [0.25, 0.3) is 0 Å². The van der Waals surface area contributed by atoms with Crippen LogP contribution in [0, 0.1) is 11.8 Å². The molecular formula is C11H10ClNOS. The maximum Gasteiger partial charge on any atom is 0.239 e. The van der Waals surface area contributed by atoms with E-state index in [1.165, 1.54) is 0 Å². The van der Waals surface area contributed by atoms with Crippen molar-refractivity contribution in [3.05, 3.63) is 29.8 Å². The number of hydrogen-bond donors (Lipinski definition) is 2. The number of alkyl halides is 1. The summed E-state index contributed by atoms with van der Waals surface area (Å²) in [4.78, 5) is 11.0. The molecular weight excluding hydrogens is 230 g/mol. The SMILES string of the molecule is O=C(CCl)Nc1ccc(C#CCS)cc1. The summed E-state index contributed by atoms with van der Waals surface area (Å²) in [6, 6.07) is 7.24. The van der Waals surface area contributed by atoms with Crippen LogP contribution in [0.15, 0.2) is 24.3 Å². The van der Waals surface area contributed by atoms with Crippen molar-refractivity contribution in [3.8, 4) is 11.8 Å². The van der Waals surface area contributed by atoms with Gasteiger partial charge in [-0.2, -0.15) is 12.6 Å². The summed E-state index contributed by atoms with van der Waals surface area (Å²) >= 11 is 9.34. The Morgan fingerprint density at radius 3 is 2.60 bits per heavy atom. The predicted octanol–water partition coefficient (Wildman–Crippen LogP) is 2.15. The lowest BCUT2D eigenvalue weighted by Crippen LogP contribution is -2.12. The maximum absolute atomic E-state index is 11.0. The topological polar surface area (TPSA) is 29.1 Å². The Bertz CT molecular complexity index is 391. The average molecular weight is 240 g/mol. The van der Waals surface area contributed by atoms with Gasteiger partial charge in [-0.25, -0.2) is 0 Å². The molecule has 0 aliphatic heterocycles. The Labute approximate surface area is 99.4 Å². The third-order valence-corrected chi connectivity index (χ3v) is 2.00. The molecule has 1 rings (SSSR count). The van der Waals surface area contributed by atoms with Gasteiger partial charge < -0.3 is 5.32 Å². The summed E-state index contributed by atoms with van der Waals surface area (Å²) in [5.74, 6) is 6.04. The van der Waals surface area contributed by atoms with Crippen LogP contribution in [-0.4, -0.2) is 17.5 Å². The lowest BCUT2D eigenvalue weighted by atomic mass is 10.2. The lowest BCUT2D eigenvalue weighted by molar-refractivity contribution is -0.113. The van der Waals surface area contributed by atoms with E-state index in [9.17, 15) is 4.79 Å². The van der Waals surface area contributed by atoms with E-state index in [0.29, 0.717) is 5.75 Å². The van der Waals surface area contributed by atoms with E-state index in [0.717, 1.165) is 11.3 Å². The second kappa shape index (κ2) is 6.39. The zero-order chi connectivity index (χ0) is 11.1. The van der Waals surface area contributed by atoms with Crippen LogP contribution in [0.1, 0.15) is 5.56 Å². The van der Waals surface area contributed by atoms with Crippen LogP contribution in [-0.2, 0) is 4.79 Å². The van der Waals surface area contributed by atoms with Crippen molar-refractivity contribution >= 4 is 35.8 Å². The minimum atomic E-state index is -0.217. The van der Waals surface area contributed by atoms with Crippen LogP contribution in [0.2, 0.25) is 0 Å². The van der Waals surface area contributed by atoms with E-state index in [-0.39, 0.29) is 11.8 Å². The number of anilines is 1. The smallest absolute Gasteiger partial charge is 0.239 e. The van der Waals surface area contributed by atoms with Crippen LogP contribution in [0.5, 0.6) is 0 Å². The lowest BCUT2D eigenvalue weighted by Gasteiger charge is -2.01. The zero-order valence-corrected chi connectivity index (χ0v) is 9.61. The Balaban J connectivity index is 2.68. The number of amides is 1. The molecule has 1 aromatic rings. The third-order valence-electron chi connectivity index (χ3n) is 1.60. The van der Waals surface area contributed by atoms with E-state index < -0.39 is 0 Å². The minimum absolute atomic E-state index is 0.0405. The van der Waals surface area contributed by atoms with E-state index in [4.69, 9.17) is 11.6 Å². The monoisotopic (exact) mass is 239 g/mol. The number of carbonyl (C=O) groups excluding carboxylic acids is 1. The molecule has 1 N–H and O–H groups in total. The van der Waals surface area contributed by atoms with Crippen molar-refractivity contribution in [2.24, 2.45) is 0 Å². The normalized spacial score (nSPS) is 8.93. The first-order valence-electron chi connectivity index (χ1n) is 4.32. The number of rotatable bonds is 2. The molecule has 0 saturated heterocycles. The fraction of sp³-hybridized carbons (Fsp3) is 0.182. The van der Waals surface area contributed by atoms with Crippen LogP contribution < -0.4 is 5.32 Å². The van der Waals surface area contributed by atoms with Crippen molar-refractivity contribution in [3.63, 3.8) is 0 Å². The van der Waals surface area contributed by atoms with E-state index in [1.54, 1.807) is 12.1 Å². The standard InChI is InChI=1S/C11H10ClNOS/c12-8-11(14)13-10-5-3-9(4-6-10)2-1-7-15/h3-6,15H,7-8H2,(H,13,14). The Hall–Kier alpha value is -1.11. The van der Waals surface area contributed by atoms with Crippen molar-refractivity contribution in [2.75, 3.05) is 16.9 Å². The molecule has 0 unspecified atom stereocenters. The van der Waals surface area contributed by atoms with E-state index in [1.807, 2.05) is 12.1 Å². The second-order valence-electron chi connectivity index (χ2n) is 2.72. The van der Waals surface area contributed by atoms with Crippen molar-refractivity contribution < 1.29 is 4.79 Å². The number of nitrogens with one attached hydrogen (secondary N) is 1. The fourth-order valence-electron chi connectivity index (χ4n) is 0.973. The second-order valence-corrected chi connectivity index (χ2v) is 3.30. The third kappa shape index (κ3) is 4.28. The quantitative estimate of drug-likeness (QED) is 0.462. The van der Waals surface area contributed by atoms with Gasteiger partial charge in [0.1, 0.15) is 5.88 Å². The van der Waals surface area contributed by atoms with Gasteiger partial charge in [0, 0.05) is 11.3 Å². The van der Waals surface area contributed by atoms with Crippen LogP contribution >= 0.6 is 24.2 Å². The summed E-state index contributed by atoms with van der Waals surface area (Å²) in [7, 11) is 0. The molecule has 0 aliphatic carbocycles. The highest BCUT2D eigenvalue weighted by molar-refractivity contribution is 7.80. The summed E-state index contributed by atoms with van der Waals surface area (Å²) in [5, 5.41) is 2.64. The summed E-state index contributed by atoms with van der Waals surface area (Å²) < 4.78 is 0. The molecule has 0 aromatic heterocycles. The zero-order valence-electron chi connectivity index (χ0n) is 7.96. The molecule has 0 radical (unpaired) electrons. The van der Waals surface area contributed by atoms with Crippen molar-refractivity contribution in [2.45, 2.75) is 0 Å². The Kier molecular flexibility index (Phi) is 5.09. The average Bonchev–Trinajstić information content (AvgIpc) is 2.28. The summed E-state index contributed by atoms with van der Waals surface area (Å²) in [6.07, 6.45) is 0. The first kappa shape index (κ1) is 12.0. The highest BCUT2D eigenvalue weighted by Gasteiger charge is 1.98. The predicted molar refractivity (Wildman–Crippen MR) is 66.5 cm³/mol. The van der Waals surface area contributed by atoms with Crippen molar-refractivity contribution in [1.29, 1.82) is 0 Å². The van der Waals surface area contributed by atoms with E-state index in [2.05, 4.69) is 29.8 Å². The highest BCUT2D eigenvalue weighted by atomic mass is 35.5. The van der Waals surface area contributed by atoms with Gasteiger partial charge in [-0.05, 0) is 24.3 Å². The molecule has 0 spiro atoms. The maximum atomic E-state index is 11.0. The molecule has 0 saturated carbocycles. The van der Waals surface area contributed by atoms with E-state index >= 15 is 0 Å². The first-order chi connectivity index (χ1) is 7.26. The molecule has 0 heterocycles. The largest absolute Gasteiger partial charge is 0.325 e. The molecule has 15 heavy (non-hydrogen) atoms. The van der Waals surface area contributed by atoms with Crippen molar-refractivity contribution in [1.82, 2.24) is 0 Å². The number of carbonyl (C=O) groups is 1. The van der Waals surface area contributed by atoms with Gasteiger partial charge >= 0.3 is 0 Å². The molecule has 0 aliphatic rings. The molecule has 1 aromatic carbocycles. The van der Waals surface area contributed by atoms with Gasteiger partial charge in [-0.3, -0.25) is 4.79 Å². The molecule has 4 heteroatoms. The molecule has 0 fully saturated rings. The summed E-state index contributed by atoms with van der Waals surface area (Å²) in [5.41, 5.74) is 1.62. The highest BCUT2D eigenvalue weighted by Crippen LogP contribution is 2.08. The molecule has 78 valence electrons. The van der Waals surface area contributed by atoms with Gasteiger partial charge in [0.05, 0.1) is 5.75 Å². The van der Waals surface area contributed by atoms with Gasteiger partial charge in [-0.15, -0.1) is 11.6 Å². The Morgan fingerprint density at radius 2 is 2.07 bits per heavy atom. The Morgan fingerprint density at radius 1 is 1.40 bits per heavy atom. The number of hydrogen-bond acceptors (Lipinski definition) is 2. The minimum Gasteiger partial charge on any atom is -0.325 e. The molecule has 0 bridgehead atoms. The molecule has 1 amide bonds. The first-order valence-corrected chi connectivity index (χ1v) is 5.48. The molecule has 0 atom stereocenters. The number of halogens is 1. The van der Waals surface area contributed by atoms with Gasteiger partial charge in [0.2, 0.25) is 5.91 Å². The van der Waals surface area contributed by atoms with Gasteiger partial charge in [-0.1, -0.05) is 11.8 Å². The number of benzene rings is 1. The summed E-state index contributed by atoms with van der Waals surface area (Å²) in [6.45, 7) is 0. The van der Waals surface area contributed by atoms with Gasteiger partial charge in [0.25, 0.3) is 0 Å². The van der Waals surface area contributed by atoms with Crippen LogP contribution in [0.3, 0.4) is 0 Å².